The molecule has 1 heterocycles. The van der Waals surface area contributed by atoms with E-state index < -0.39 is 6.10 Å². The summed E-state index contributed by atoms with van der Waals surface area (Å²) in [5, 5.41) is 2.87. The monoisotopic (exact) mass is 398 g/mol. The molecule has 0 aliphatic rings. The Kier molecular flexibility index (Phi) is 5.61. The molecule has 0 saturated carbocycles. The fraction of sp³-hybridized carbons (Fsp3) is 0.364. The second kappa shape index (κ2) is 7.80. The highest BCUT2D eigenvalue weighted by Gasteiger charge is 2.17. The number of ether oxygens (including phenoxy) is 1. The van der Waals surface area contributed by atoms with Crippen LogP contribution in [0.25, 0.3) is 10.2 Å². The van der Waals surface area contributed by atoms with Gasteiger partial charge in [0.25, 0.3) is 5.91 Å². The largest absolute Gasteiger partial charge is 0.481 e. The van der Waals surface area contributed by atoms with Crippen LogP contribution >= 0.6 is 11.3 Å². The van der Waals surface area contributed by atoms with Crippen molar-refractivity contribution >= 4 is 33.1 Å². The Morgan fingerprint density at radius 3 is 2.46 bits per heavy atom. The van der Waals surface area contributed by atoms with Crippen molar-refractivity contribution in [2.75, 3.05) is 5.32 Å². The highest BCUT2D eigenvalue weighted by Crippen LogP contribution is 2.25. The number of hydrogen-bond donors (Lipinski definition) is 1. The minimum atomic E-state index is -0.643. The minimum absolute atomic E-state index is 0.0105. The van der Waals surface area contributed by atoms with E-state index in [2.05, 4.69) is 26.1 Å². The molecule has 0 unspecified atom stereocenters. The van der Waals surface area contributed by atoms with Crippen LogP contribution in [0.1, 0.15) is 40.2 Å². The molecule has 1 atom stereocenters. The lowest BCUT2D eigenvalue weighted by Gasteiger charge is -2.20. The van der Waals surface area contributed by atoms with Gasteiger partial charge in [0.15, 0.2) is 6.10 Å². The van der Waals surface area contributed by atoms with Gasteiger partial charge in [0.2, 0.25) is 0 Å². The van der Waals surface area contributed by atoms with E-state index in [1.54, 1.807) is 11.5 Å². The van der Waals surface area contributed by atoms with Gasteiger partial charge in [0.1, 0.15) is 5.75 Å². The fourth-order valence-corrected chi connectivity index (χ4v) is 3.97. The van der Waals surface area contributed by atoms with Gasteiger partial charge in [0, 0.05) is 12.2 Å². The van der Waals surface area contributed by atoms with Gasteiger partial charge in [-0.25, -0.2) is 0 Å². The van der Waals surface area contributed by atoms with Crippen LogP contribution in [0.2, 0.25) is 0 Å². The highest BCUT2D eigenvalue weighted by molar-refractivity contribution is 7.16. The first kappa shape index (κ1) is 20.1. The molecule has 0 saturated heterocycles. The number of benzene rings is 2. The normalized spacial score (nSPS) is 12.8. The van der Waals surface area contributed by atoms with Crippen molar-refractivity contribution in [3.8, 4) is 5.75 Å². The second-order valence-electron chi connectivity index (χ2n) is 7.82. The van der Waals surface area contributed by atoms with E-state index in [1.807, 2.05) is 49.4 Å². The van der Waals surface area contributed by atoms with Crippen LogP contribution in [0.4, 0.5) is 5.69 Å². The number of rotatable bonds is 5. The van der Waals surface area contributed by atoms with Crippen LogP contribution < -0.4 is 14.9 Å². The van der Waals surface area contributed by atoms with E-state index >= 15 is 0 Å². The van der Waals surface area contributed by atoms with Crippen LogP contribution in [0.5, 0.6) is 5.75 Å². The van der Waals surface area contributed by atoms with Crippen molar-refractivity contribution in [3.63, 3.8) is 0 Å². The zero-order valence-electron chi connectivity index (χ0n) is 16.9. The first-order valence-corrected chi connectivity index (χ1v) is 10.2. The summed E-state index contributed by atoms with van der Waals surface area (Å²) in [6.45, 7) is 10.8. The van der Waals surface area contributed by atoms with E-state index in [1.165, 1.54) is 16.9 Å². The second-order valence-corrected chi connectivity index (χ2v) is 8.81. The highest BCUT2D eigenvalue weighted by atomic mass is 32.1. The molecule has 28 heavy (non-hydrogen) atoms. The third kappa shape index (κ3) is 4.28. The molecule has 0 aliphatic carbocycles. The number of aromatic nitrogens is 1. The smallest absolute Gasteiger partial charge is 0.308 e. The average molecular weight is 399 g/mol. The first-order chi connectivity index (χ1) is 13.2. The Morgan fingerprint density at radius 1 is 1.18 bits per heavy atom. The maximum absolute atomic E-state index is 12.5. The van der Waals surface area contributed by atoms with Crippen LogP contribution in [0.15, 0.2) is 47.3 Å². The Morgan fingerprint density at radius 2 is 1.86 bits per heavy atom. The number of nitrogens with one attached hydrogen (secondary N) is 1. The summed E-state index contributed by atoms with van der Waals surface area (Å²) < 4.78 is 8.36. The van der Waals surface area contributed by atoms with Gasteiger partial charge in [0.05, 0.1) is 10.2 Å². The van der Waals surface area contributed by atoms with E-state index in [-0.39, 0.29) is 16.2 Å². The molecule has 5 nitrogen and oxygen atoms in total. The number of aryl methyl sites for hydroxylation is 1. The van der Waals surface area contributed by atoms with Crippen molar-refractivity contribution < 1.29 is 9.53 Å². The van der Waals surface area contributed by atoms with Crippen molar-refractivity contribution in [2.24, 2.45) is 0 Å². The molecule has 0 aliphatic heterocycles. The van der Waals surface area contributed by atoms with Crippen LogP contribution in [0.3, 0.4) is 0 Å². The lowest BCUT2D eigenvalue weighted by Crippen LogP contribution is -2.30. The number of fused-ring (bicyclic) bond motifs is 1. The molecule has 0 spiro atoms. The van der Waals surface area contributed by atoms with E-state index in [0.29, 0.717) is 18.0 Å². The van der Waals surface area contributed by atoms with E-state index in [0.717, 1.165) is 10.2 Å². The summed E-state index contributed by atoms with van der Waals surface area (Å²) in [5.74, 6) is 0.422. The van der Waals surface area contributed by atoms with Gasteiger partial charge in [-0.1, -0.05) is 44.2 Å². The van der Waals surface area contributed by atoms with Crippen molar-refractivity contribution in [1.29, 1.82) is 0 Å². The summed E-state index contributed by atoms with van der Waals surface area (Å²) in [5.41, 5.74) is 2.82. The fourth-order valence-electron chi connectivity index (χ4n) is 2.98. The molecule has 1 aromatic heterocycles. The SMILES string of the molecule is CCn1c(=O)sc2cc(NC(=O)[C@@H](C)Oc3ccc(C(C)(C)C)cc3)ccc21. The third-order valence-electron chi connectivity index (χ3n) is 4.65. The quantitative estimate of drug-likeness (QED) is 0.672. The predicted molar refractivity (Wildman–Crippen MR) is 116 cm³/mol. The Labute approximate surface area is 169 Å². The number of amides is 1. The number of thiazole rings is 1. The van der Waals surface area contributed by atoms with Gasteiger partial charge in [-0.15, -0.1) is 0 Å². The Bertz CT molecular complexity index is 1040. The summed E-state index contributed by atoms with van der Waals surface area (Å²) in [7, 11) is 0. The number of carbonyl (C=O) groups excluding carboxylic acids is 1. The molecule has 6 heteroatoms. The predicted octanol–water partition coefficient (Wildman–Crippen LogP) is 4.79. The number of nitrogens with zero attached hydrogens (tertiary/aromatic N) is 1. The zero-order valence-corrected chi connectivity index (χ0v) is 17.7. The molecule has 0 fully saturated rings. The Balaban J connectivity index is 1.68. The lowest BCUT2D eigenvalue weighted by atomic mass is 9.87. The first-order valence-electron chi connectivity index (χ1n) is 9.40. The minimum Gasteiger partial charge on any atom is -0.481 e. The molecule has 1 amide bonds. The van der Waals surface area contributed by atoms with Crippen molar-refractivity contribution in [3.05, 3.63) is 57.7 Å². The molecule has 3 aromatic rings. The van der Waals surface area contributed by atoms with Gasteiger partial charge < -0.3 is 10.1 Å². The number of carbonyl (C=O) groups is 1. The maximum atomic E-state index is 12.5. The number of hydrogen-bond acceptors (Lipinski definition) is 4. The Hall–Kier alpha value is -2.60. The van der Waals surface area contributed by atoms with Gasteiger partial charge in [-0.05, 0) is 55.2 Å². The van der Waals surface area contributed by atoms with E-state index in [9.17, 15) is 9.59 Å². The van der Waals surface area contributed by atoms with Crippen LogP contribution in [0, 0.1) is 0 Å². The summed E-state index contributed by atoms with van der Waals surface area (Å²) in [6.07, 6.45) is -0.643. The summed E-state index contributed by atoms with van der Waals surface area (Å²) >= 11 is 1.18. The lowest BCUT2D eigenvalue weighted by molar-refractivity contribution is -0.122. The molecular formula is C22H26N2O3S. The maximum Gasteiger partial charge on any atom is 0.308 e. The molecule has 148 valence electrons. The molecule has 0 radical (unpaired) electrons. The molecular weight excluding hydrogens is 372 g/mol. The zero-order chi connectivity index (χ0) is 20.5. The molecule has 0 bridgehead atoms. The topological polar surface area (TPSA) is 60.3 Å². The third-order valence-corrected chi connectivity index (χ3v) is 5.60. The van der Waals surface area contributed by atoms with Gasteiger partial charge in [-0.3, -0.25) is 14.2 Å². The molecule has 3 rings (SSSR count). The van der Waals surface area contributed by atoms with Crippen molar-refractivity contribution in [2.45, 2.75) is 52.7 Å². The van der Waals surface area contributed by atoms with E-state index in [4.69, 9.17) is 4.74 Å². The van der Waals surface area contributed by atoms with Gasteiger partial charge >= 0.3 is 4.87 Å². The average Bonchev–Trinajstić information content (AvgIpc) is 2.95. The number of anilines is 1. The summed E-state index contributed by atoms with van der Waals surface area (Å²) in [4.78, 5) is 24.5. The summed E-state index contributed by atoms with van der Waals surface area (Å²) in [6, 6.07) is 13.3. The standard InChI is InChI=1S/C22H26N2O3S/c1-6-24-18-12-9-16(13-19(18)28-21(24)26)23-20(25)14(2)27-17-10-7-15(8-11-17)22(3,4)5/h7-14H,6H2,1-5H3,(H,23,25)/t14-/m1/s1. The molecule has 1 N–H and O–H groups in total. The van der Waals surface area contributed by atoms with Gasteiger partial charge in [-0.2, -0.15) is 0 Å². The van der Waals surface area contributed by atoms with Crippen molar-refractivity contribution in [1.82, 2.24) is 4.57 Å². The van der Waals surface area contributed by atoms with Crippen LogP contribution in [-0.2, 0) is 16.8 Å². The molecule has 2 aromatic carbocycles. The van der Waals surface area contributed by atoms with Crippen LogP contribution in [-0.4, -0.2) is 16.6 Å².